The van der Waals surface area contributed by atoms with Gasteiger partial charge in [0.25, 0.3) is 0 Å². The topological polar surface area (TPSA) is 59.4 Å². The molecule has 1 unspecified atom stereocenters. The van der Waals surface area contributed by atoms with Crippen molar-refractivity contribution >= 4 is 17.3 Å². The maximum absolute atomic E-state index is 11.7. The molecule has 1 N–H and O–H groups in total. The molecule has 1 atom stereocenters. The molecule has 0 bridgehead atoms. The number of carbonyl (C=O) groups excluding carboxylic acids is 1. The minimum Gasteiger partial charge on any atom is -0.465 e. The molecule has 0 radical (unpaired) electrons. The molecule has 0 saturated heterocycles. The van der Waals surface area contributed by atoms with E-state index in [0.29, 0.717) is 12.3 Å². The lowest BCUT2D eigenvalue weighted by Gasteiger charge is -2.26. The van der Waals surface area contributed by atoms with Crippen molar-refractivity contribution in [3.05, 3.63) is 16.1 Å². The number of carbonyl (C=O) groups is 1. The molecular formula is C11H17NO3S. The van der Waals surface area contributed by atoms with Crippen LogP contribution >= 0.6 is 11.3 Å². The number of nitrogens with zero attached hydrogens (tertiary/aromatic N) is 1. The Labute approximate surface area is 99.3 Å². The van der Waals surface area contributed by atoms with Gasteiger partial charge in [-0.25, -0.2) is 4.98 Å². The second-order valence-electron chi connectivity index (χ2n) is 4.14. The van der Waals surface area contributed by atoms with E-state index < -0.39 is 17.5 Å². The van der Waals surface area contributed by atoms with Gasteiger partial charge < -0.3 is 9.84 Å². The summed E-state index contributed by atoms with van der Waals surface area (Å²) < 4.78 is 4.93. The lowest BCUT2D eigenvalue weighted by molar-refractivity contribution is -0.160. The van der Waals surface area contributed by atoms with Gasteiger partial charge in [0.1, 0.15) is 6.10 Å². The highest BCUT2D eigenvalue weighted by molar-refractivity contribution is 7.09. The molecule has 4 nitrogen and oxygen atoms in total. The van der Waals surface area contributed by atoms with Crippen molar-refractivity contribution in [2.45, 2.75) is 33.8 Å². The number of aryl methyl sites for hydroxylation is 1. The van der Waals surface area contributed by atoms with Crippen molar-refractivity contribution in [3.63, 3.8) is 0 Å². The van der Waals surface area contributed by atoms with Crippen LogP contribution in [-0.4, -0.2) is 22.7 Å². The predicted molar refractivity (Wildman–Crippen MR) is 62.2 cm³/mol. The summed E-state index contributed by atoms with van der Waals surface area (Å²) in [4.78, 5) is 15.9. The number of ether oxygens (including phenoxy) is 1. The zero-order valence-electron chi connectivity index (χ0n) is 9.98. The highest BCUT2D eigenvalue weighted by Gasteiger charge is 2.39. The molecule has 1 aromatic rings. The predicted octanol–water partition coefficient (Wildman–Crippen LogP) is 2.07. The third-order valence-corrected chi connectivity index (χ3v) is 3.19. The van der Waals surface area contributed by atoms with Crippen molar-refractivity contribution in [3.8, 4) is 0 Å². The van der Waals surface area contributed by atoms with Crippen molar-refractivity contribution in [1.29, 1.82) is 0 Å². The Morgan fingerprint density at radius 1 is 1.69 bits per heavy atom. The Morgan fingerprint density at radius 2 is 2.31 bits per heavy atom. The van der Waals surface area contributed by atoms with Gasteiger partial charge in [-0.1, -0.05) is 0 Å². The maximum atomic E-state index is 11.7. The van der Waals surface area contributed by atoms with Gasteiger partial charge in [0.15, 0.2) is 0 Å². The first-order valence-corrected chi connectivity index (χ1v) is 6.04. The standard InChI is InChI=1S/C11H17NO3S/c1-5-15-10(14)11(3,4)9(13)8-6-16-7(2)12-8/h6,9,13H,5H2,1-4H3. The van der Waals surface area contributed by atoms with Crippen LogP contribution in [0.5, 0.6) is 0 Å². The molecular weight excluding hydrogens is 226 g/mol. The van der Waals surface area contributed by atoms with Crippen molar-refractivity contribution in [2.75, 3.05) is 6.61 Å². The first-order valence-electron chi connectivity index (χ1n) is 5.17. The first kappa shape index (κ1) is 13.1. The number of hydrogen-bond acceptors (Lipinski definition) is 5. The van der Waals surface area contributed by atoms with E-state index in [2.05, 4.69) is 4.98 Å². The van der Waals surface area contributed by atoms with Gasteiger partial charge in [0.05, 0.1) is 22.7 Å². The zero-order valence-corrected chi connectivity index (χ0v) is 10.8. The molecule has 0 saturated carbocycles. The molecule has 0 spiro atoms. The highest BCUT2D eigenvalue weighted by Crippen LogP contribution is 2.34. The minimum absolute atomic E-state index is 0.311. The second kappa shape index (κ2) is 4.93. The van der Waals surface area contributed by atoms with Crippen LogP contribution < -0.4 is 0 Å². The van der Waals surface area contributed by atoms with Gasteiger partial charge in [-0.3, -0.25) is 4.79 Å². The monoisotopic (exact) mass is 243 g/mol. The molecule has 0 aliphatic rings. The average Bonchev–Trinajstić information content (AvgIpc) is 2.64. The molecule has 5 heteroatoms. The van der Waals surface area contributed by atoms with E-state index in [1.54, 1.807) is 26.2 Å². The largest absolute Gasteiger partial charge is 0.465 e. The maximum Gasteiger partial charge on any atom is 0.314 e. The minimum atomic E-state index is -0.976. The van der Waals surface area contributed by atoms with E-state index in [0.717, 1.165) is 5.01 Å². The number of rotatable bonds is 4. The van der Waals surface area contributed by atoms with E-state index in [1.807, 2.05) is 6.92 Å². The van der Waals surface area contributed by atoms with Crippen LogP contribution in [0, 0.1) is 12.3 Å². The van der Waals surface area contributed by atoms with Gasteiger partial charge >= 0.3 is 5.97 Å². The number of aliphatic hydroxyl groups excluding tert-OH is 1. The van der Waals surface area contributed by atoms with Crippen LogP contribution in [0.2, 0.25) is 0 Å². The normalized spacial score (nSPS) is 13.6. The first-order chi connectivity index (χ1) is 7.39. The second-order valence-corrected chi connectivity index (χ2v) is 5.20. The van der Waals surface area contributed by atoms with E-state index in [1.165, 1.54) is 11.3 Å². The van der Waals surface area contributed by atoms with E-state index in [9.17, 15) is 9.90 Å². The Morgan fingerprint density at radius 3 is 2.75 bits per heavy atom. The summed E-state index contributed by atoms with van der Waals surface area (Å²) in [7, 11) is 0. The fourth-order valence-electron chi connectivity index (χ4n) is 1.30. The molecule has 0 fully saturated rings. The average molecular weight is 243 g/mol. The van der Waals surface area contributed by atoms with E-state index in [-0.39, 0.29) is 0 Å². The van der Waals surface area contributed by atoms with Crippen molar-refractivity contribution in [1.82, 2.24) is 4.98 Å². The number of hydrogen-bond donors (Lipinski definition) is 1. The third-order valence-electron chi connectivity index (χ3n) is 2.40. The van der Waals surface area contributed by atoms with E-state index in [4.69, 9.17) is 4.74 Å². The Balaban J connectivity index is 2.87. The quantitative estimate of drug-likeness (QED) is 0.822. The molecule has 16 heavy (non-hydrogen) atoms. The van der Waals surface area contributed by atoms with Crippen LogP contribution in [0.4, 0.5) is 0 Å². The molecule has 0 aliphatic heterocycles. The third kappa shape index (κ3) is 2.59. The number of thiazole rings is 1. The summed E-state index contributed by atoms with van der Waals surface area (Å²) in [6.45, 7) is 7.23. The van der Waals surface area contributed by atoms with Gasteiger partial charge in [0.2, 0.25) is 0 Å². The van der Waals surface area contributed by atoms with Gasteiger partial charge in [-0.05, 0) is 27.7 Å². The van der Waals surface area contributed by atoms with Crippen molar-refractivity contribution < 1.29 is 14.6 Å². The molecule has 1 rings (SSSR count). The summed E-state index contributed by atoms with van der Waals surface area (Å²) >= 11 is 1.45. The van der Waals surface area contributed by atoms with Gasteiger partial charge in [0, 0.05) is 5.38 Å². The summed E-state index contributed by atoms with van der Waals surface area (Å²) in [5, 5.41) is 12.7. The summed E-state index contributed by atoms with van der Waals surface area (Å²) in [6, 6.07) is 0. The smallest absolute Gasteiger partial charge is 0.314 e. The summed E-state index contributed by atoms with van der Waals surface area (Å²) in [6.07, 6.45) is -0.934. The summed E-state index contributed by atoms with van der Waals surface area (Å²) in [5.74, 6) is -0.409. The molecule has 90 valence electrons. The molecule has 1 aromatic heterocycles. The van der Waals surface area contributed by atoms with Gasteiger partial charge in [-0.2, -0.15) is 0 Å². The van der Waals surface area contributed by atoms with Crippen LogP contribution in [-0.2, 0) is 9.53 Å². The lowest BCUT2D eigenvalue weighted by Crippen LogP contribution is -2.33. The molecule has 0 aromatic carbocycles. The van der Waals surface area contributed by atoms with Crippen LogP contribution in [0.15, 0.2) is 5.38 Å². The van der Waals surface area contributed by atoms with E-state index >= 15 is 0 Å². The lowest BCUT2D eigenvalue weighted by atomic mass is 9.85. The Bertz CT molecular complexity index is 373. The Kier molecular flexibility index (Phi) is 4.04. The highest BCUT2D eigenvalue weighted by atomic mass is 32.1. The number of esters is 1. The molecule has 1 heterocycles. The SMILES string of the molecule is CCOC(=O)C(C)(C)C(O)c1csc(C)n1. The molecule has 0 aliphatic carbocycles. The zero-order chi connectivity index (χ0) is 12.3. The Hall–Kier alpha value is -0.940. The van der Waals surface area contributed by atoms with Crippen molar-refractivity contribution in [2.24, 2.45) is 5.41 Å². The summed E-state index contributed by atoms with van der Waals surface area (Å²) in [5.41, 5.74) is -0.447. The van der Waals surface area contributed by atoms with Crippen LogP contribution in [0.3, 0.4) is 0 Å². The van der Waals surface area contributed by atoms with Gasteiger partial charge in [-0.15, -0.1) is 11.3 Å². The number of aliphatic hydroxyl groups is 1. The van der Waals surface area contributed by atoms with Crippen LogP contribution in [0.1, 0.15) is 37.6 Å². The fraction of sp³-hybridized carbons (Fsp3) is 0.636. The fourth-order valence-corrected chi connectivity index (χ4v) is 1.94. The van der Waals surface area contributed by atoms with Crippen LogP contribution in [0.25, 0.3) is 0 Å². The molecule has 0 amide bonds. The number of aromatic nitrogens is 1.